The number of fused-ring (bicyclic) bond motifs is 1. The fourth-order valence-electron chi connectivity index (χ4n) is 5.54. The van der Waals surface area contributed by atoms with Gasteiger partial charge >= 0.3 is 24.0 Å². The lowest BCUT2D eigenvalue weighted by Gasteiger charge is -2.47. The smallest absolute Gasteiger partial charge is 0.385 e. The molecule has 0 bridgehead atoms. The Morgan fingerprint density at radius 2 is 1.82 bits per heavy atom. The van der Waals surface area contributed by atoms with E-state index in [2.05, 4.69) is 0 Å². The number of carbonyl (C=O) groups is 4. The number of esters is 2. The van der Waals surface area contributed by atoms with Crippen molar-refractivity contribution in [2.24, 2.45) is 17.8 Å². The molecule has 1 aromatic carbocycles. The number of nitro benzene ring substituents is 1. The maximum atomic E-state index is 13.3. The van der Waals surface area contributed by atoms with Crippen molar-refractivity contribution in [3.8, 4) is 0 Å². The van der Waals surface area contributed by atoms with E-state index in [9.17, 15) is 42.5 Å². The van der Waals surface area contributed by atoms with E-state index in [1.165, 1.54) is 4.90 Å². The highest BCUT2D eigenvalue weighted by Gasteiger charge is 2.59. The minimum atomic E-state index is -5.00. The first kappa shape index (κ1) is 28.2. The van der Waals surface area contributed by atoms with Gasteiger partial charge in [-0.2, -0.15) is 13.2 Å². The summed E-state index contributed by atoms with van der Waals surface area (Å²) in [5.41, 5.74) is 0.0845. The Morgan fingerprint density at radius 1 is 1.18 bits per heavy atom. The molecule has 0 aromatic heterocycles. The predicted molar refractivity (Wildman–Crippen MR) is 128 cm³/mol. The minimum absolute atomic E-state index is 0.0201. The molecule has 4 rings (SSSR count). The van der Waals surface area contributed by atoms with E-state index in [1.807, 2.05) is 26.1 Å². The molecule has 2 saturated heterocycles. The highest BCUT2D eigenvalue weighted by Crippen LogP contribution is 2.49. The number of nitrogens with one attached hydrogen (secondary N) is 1. The van der Waals surface area contributed by atoms with Crippen LogP contribution in [0.3, 0.4) is 0 Å². The van der Waals surface area contributed by atoms with E-state index < -0.39 is 35.0 Å². The quantitative estimate of drug-likeness (QED) is 0.179. The standard InChI is InChI=1S/C25H27F3N4O7/c1-12(2)18-19-13(3)17(11-30-9-8-15(10-30)29-24(36)25(26,27)28)20(31(19)21(18)33)23(35)39-22(34)14-4-6-16(7-5-14)32(37)38/h4-7,12-13,15,18-19H,8-11H2,1-3H3,(H,29,36)/t13-,15-,18+,19+/m0/s1. The van der Waals surface area contributed by atoms with Crippen LogP contribution in [0.1, 0.15) is 37.6 Å². The SMILES string of the molecule is CC(C)[C@H]1C(=O)N2C(C(=O)OC(=O)c3ccc([N+](=O)[O-])cc3)=C(CN3CC[C@H](NC(=O)C(F)(F)F)C3)[C@H](C)[C@H]12. The van der Waals surface area contributed by atoms with Gasteiger partial charge in [0.25, 0.3) is 5.69 Å². The molecule has 1 aromatic rings. The summed E-state index contributed by atoms with van der Waals surface area (Å²) in [6.45, 7) is 6.18. The molecule has 0 radical (unpaired) electrons. The van der Waals surface area contributed by atoms with E-state index in [-0.39, 0.29) is 66.2 Å². The second kappa shape index (κ2) is 10.4. The van der Waals surface area contributed by atoms with Gasteiger partial charge in [0.15, 0.2) is 0 Å². The summed E-state index contributed by atoms with van der Waals surface area (Å²) in [6, 6.07) is 3.39. The van der Waals surface area contributed by atoms with Crippen LogP contribution in [0, 0.1) is 27.9 Å². The van der Waals surface area contributed by atoms with Gasteiger partial charge in [-0.3, -0.25) is 24.6 Å². The second-order valence-corrected chi connectivity index (χ2v) is 10.3. The summed E-state index contributed by atoms with van der Waals surface area (Å²) in [5, 5.41) is 12.8. The molecule has 210 valence electrons. The summed E-state index contributed by atoms with van der Waals surface area (Å²) in [7, 11) is 0. The van der Waals surface area contributed by atoms with Gasteiger partial charge < -0.3 is 15.0 Å². The molecule has 4 atom stereocenters. The molecule has 14 heteroatoms. The maximum absolute atomic E-state index is 13.3. The average molecular weight is 553 g/mol. The van der Waals surface area contributed by atoms with E-state index in [4.69, 9.17) is 4.74 Å². The number of alkyl halides is 3. The van der Waals surface area contributed by atoms with Crippen molar-refractivity contribution in [1.82, 2.24) is 15.1 Å². The summed E-state index contributed by atoms with van der Waals surface area (Å²) in [6.07, 6.45) is -4.73. The monoisotopic (exact) mass is 552 g/mol. The van der Waals surface area contributed by atoms with Crippen molar-refractivity contribution in [2.75, 3.05) is 19.6 Å². The number of amides is 2. The second-order valence-electron chi connectivity index (χ2n) is 10.3. The van der Waals surface area contributed by atoms with E-state index in [0.29, 0.717) is 12.1 Å². The van der Waals surface area contributed by atoms with Gasteiger partial charge in [-0.25, -0.2) is 9.59 Å². The highest BCUT2D eigenvalue weighted by molar-refractivity contribution is 6.06. The number of hydrogen-bond donors (Lipinski definition) is 1. The number of β-lactam (4-membered cyclic amide) rings is 1. The van der Waals surface area contributed by atoms with Crippen molar-refractivity contribution in [2.45, 2.75) is 45.5 Å². The van der Waals surface area contributed by atoms with Gasteiger partial charge in [0.05, 0.1) is 22.4 Å². The lowest BCUT2D eigenvalue weighted by atomic mass is 9.74. The number of non-ortho nitro benzene ring substituents is 1. The topological polar surface area (TPSA) is 139 Å². The number of nitrogens with zero attached hydrogens (tertiary/aromatic N) is 3. The zero-order chi connectivity index (χ0) is 28.8. The van der Waals surface area contributed by atoms with Crippen molar-refractivity contribution in [3.05, 3.63) is 51.2 Å². The van der Waals surface area contributed by atoms with Crippen LogP contribution in [0.2, 0.25) is 0 Å². The normalized spacial score (nSPS) is 25.0. The van der Waals surface area contributed by atoms with Crippen LogP contribution < -0.4 is 5.32 Å². The molecular formula is C25H27F3N4O7. The Balaban J connectivity index is 1.54. The summed E-state index contributed by atoms with van der Waals surface area (Å²) in [5.74, 6) is -5.09. The molecule has 3 heterocycles. The number of carbonyl (C=O) groups excluding carboxylic acids is 4. The average Bonchev–Trinajstić information content (AvgIpc) is 3.38. The van der Waals surface area contributed by atoms with Gasteiger partial charge in [-0.1, -0.05) is 20.8 Å². The molecule has 3 aliphatic rings. The molecule has 0 unspecified atom stereocenters. The Kier molecular flexibility index (Phi) is 7.52. The summed E-state index contributed by atoms with van der Waals surface area (Å²) < 4.78 is 43.0. The van der Waals surface area contributed by atoms with Gasteiger partial charge in [0.1, 0.15) is 5.70 Å². The molecule has 39 heavy (non-hydrogen) atoms. The van der Waals surface area contributed by atoms with Crippen molar-refractivity contribution < 1.29 is 42.0 Å². The van der Waals surface area contributed by atoms with E-state index >= 15 is 0 Å². The third-order valence-electron chi connectivity index (χ3n) is 7.47. The Hall–Kier alpha value is -3.81. The first-order valence-electron chi connectivity index (χ1n) is 12.4. The van der Waals surface area contributed by atoms with Crippen molar-refractivity contribution in [1.29, 1.82) is 0 Å². The highest BCUT2D eigenvalue weighted by atomic mass is 19.4. The maximum Gasteiger partial charge on any atom is 0.471 e. The van der Waals surface area contributed by atoms with Gasteiger partial charge in [-0.05, 0) is 30.0 Å². The van der Waals surface area contributed by atoms with E-state index in [0.717, 1.165) is 24.3 Å². The number of likely N-dealkylation sites (tertiary alicyclic amines) is 1. The summed E-state index contributed by atoms with van der Waals surface area (Å²) in [4.78, 5) is 63.6. The Bertz CT molecular complexity index is 1250. The van der Waals surface area contributed by atoms with Crippen LogP contribution in [-0.4, -0.2) is 76.4 Å². The van der Waals surface area contributed by atoms with Gasteiger partial charge in [0, 0.05) is 43.7 Å². The first-order chi connectivity index (χ1) is 18.2. The summed E-state index contributed by atoms with van der Waals surface area (Å²) >= 11 is 0. The molecule has 2 amide bonds. The Labute approximate surface area is 221 Å². The minimum Gasteiger partial charge on any atom is -0.385 e. The zero-order valence-electron chi connectivity index (χ0n) is 21.4. The van der Waals surface area contributed by atoms with Gasteiger partial charge in [0.2, 0.25) is 5.91 Å². The largest absolute Gasteiger partial charge is 0.471 e. The first-order valence-corrected chi connectivity index (χ1v) is 12.4. The number of nitro groups is 1. The molecule has 2 fully saturated rings. The number of hydrogen-bond acceptors (Lipinski definition) is 8. The third kappa shape index (κ3) is 5.37. The van der Waals surface area contributed by atoms with Crippen LogP contribution in [0.5, 0.6) is 0 Å². The molecule has 3 aliphatic heterocycles. The fourth-order valence-corrected chi connectivity index (χ4v) is 5.54. The lowest BCUT2D eigenvalue weighted by molar-refractivity contribution is -0.384. The molecule has 0 saturated carbocycles. The van der Waals surface area contributed by atoms with Crippen LogP contribution in [0.15, 0.2) is 35.5 Å². The zero-order valence-corrected chi connectivity index (χ0v) is 21.4. The van der Waals surface area contributed by atoms with Crippen molar-refractivity contribution >= 4 is 29.4 Å². The van der Waals surface area contributed by atoms with Crippen molar-refractivity contribution in [3.63, 3.8) is 0 Å². The number of ether oxygens (including phenoxy) is 1. The molecule has 11 nitrogen and oxygen atoms in total. The van der Waals surface area contributed by atoms with Crippen LogP contribution >= 0.6 is 0 Å². The molecule has 0 aliphatic carbocycles. The predicted octanol–water partition coefficient (Wildman–Crippen LogP) is 2.42. The Morgan fingerprint density at radius 3 is 2.38 bits per heavy atom. The van der Waals surface area contributed by atoms with Crippen LogP contribution in [0.25, 0.3) is 0 Å². The number of rotatable bonds is 7. The molecule has 1 N–H and O–H groups in total. The van der Waals surface area contributed by atoms with Crippen LogP contribution in [-0.2, 0) is 19.1 Å². The van der Waals surface area contributed by atoms with Crippen LogP contribution in [0.4, 0.5) is 18.9 Å². The molecular weight excluding hydrogens is 525 g/mol. The fraction of sp³-hybridized carbons (Fsp3) is 0.520. The third-order valence-corrected chi connectivity index (χ3v) is 7.47. The molecule has 0 spiro atoms. The number of benzene rings is 1. The van der Waals surface area contributed by atoms with E-state index in [1.54, 1.807) is 4.90 Å². The lowest BCUT2D eigenvalue weighted by Crippen LogP contribution is -2.62. The van der Waals surface area contributed by atoms with Gasteiger partial charge in [-0.15, -0.1) is 0 Å². The number of halogens is 3.